The Morgan fingerprint density at radius 1 is 0.864 bits per heavy atom. The lowest BCUT2D eigenvalue weighted by Crippen LogP contribution is -1.99. The molecular weight excluding hydrogens is 646 g/mol. The van der Waals surface area contributed by atoms with Gasteiger partial charge in [0, 0.05) is 10.3 Å². The monoisotopic (exact) mass is 661 g/mol. The highest BCUT2D eigenvalue weighted by molar-refractivity contribution is 7.94. The minimum Gasteiger partial charge on any atom is -0.505 e. The first kappa shape index (κ1) is 32.4. The van der Waals surface area contributed by atoms with Gasteiger partial charge in [0.2, 0.25) is 0 Å². The van der Waals surface area contributed by atoms with Crippen molar-refractivity contribution >= 4 is 73.7 Å². The minimum absolute atomic E-state index is 0.0426. The van der Waals surface area contributed by atoms with Crippen LogP contribution in [0.5, 0.6) is 5.75 Å². The maximum absolute atomic E-state index is 12.0. The van der Waals surface area contributed by atoms with Gasteiger partial charge in [-0.05, 0) is 66.0 Å². The normalized spacial score (nSPS) is 11.9. The third-order valence-corrected chi connectivity index (χ3v) is 7.49. The van der Waals surface area contributed by atoms with E-state index in [0.717, 1.165) is 24.2 Å². The molecule has 20 heteroatoms. The van der Waals surface area contributed by atoms with Crippen molar-refractivity contribution < 1.29 is 57.2 Å². The number of azo groups is 2. The Morgan fingerprint density at radius 2 is 1.52 bits per heavy atom. The molecule has 0 aliphatic carbocycles. The molecule has 0 fully saturated rings. The van der Waals surface area contributed by atoms with Gasteiger partial charge in [-0.1, -0.05) is 10.1 Å². The number of aromatic carboxylic acids is 1. The molecule has 0 amide bonds. The molecule has 0 spiro atoms. The zero-order chi connectivity index (χ0) is 31.9. The van der Waals surface area contributed by atoms with E-state index in [-0.39, 0.29) is 43.9 Å². The fourth-order valence-electron chi connectivity index (χ4n) is 3.60. The fourth-order valence-corrected chi connectivity index (χ4v) is 4.99. The fraction of sp³-hybridized carbons (Fsp3) is 0. The van der Waals surface area contributed by atoms with Gasteiger partial charge in [0.1, 0.15) is 11.4 Å². The zero-order valence-corrected chi connectivity index (χ0v) is 23.8. The number of nitrogens with zero attached hydrogens (tertiary/aromatic N) is 5. The second kappa shape index (κ2) is 14.3. The molecule has 0 atom stereocenters. The van der Waals surface area contributed by atoms with Gasteiger partial charge in [0.05, 0.1) is 62.4 Å². The Morgan fingerprint density at radius 3 is 2.16 bits per heavy atom. The van der Waals surface area contributed by atoms with E-state index in [2.05, 4.69) is 39.2 Å². The third-order valence-electron chi connectivity index (χ3n) is 5.44. The van der Waals surface area contributed by atoms with Crippen molar-refractivity contribution in [1.29, 1.82) is 5.26 Å². The van der Waals surface area contributed by atoms with E-state index in [9.17, 15) is 33.2 Å². The maximum atomic E-state index is 12.0. The van der Waals surface area contributed by atoms with E-state index in [1.54, 1.807) is 30.3 Å². The summed E-state index contributed by atoms with van der Waals surface area (Å²) >= 11 is 1.06. The second-order valence-corrected chi connectivity index (χ2v) is 11.0. The summed E-state index contributed by atoms with van der Waals surface area (Å²) in [6.45, 7) is 0. The average Bonchev–Trinajstić information content (AvgIpc) is 3.00. The van der Waals surface area contributed by atoms with Crippen LogP contribution in [0.15, 0.2) is 95.8 Å². The van der Waals surface area contributed by atoms with Crippen LogP contribution >= 0.6 is 24.1 Å². The molecule has 0 unspecified atom stereocenters. The van der Waals surface area contributed by atoms with Crippen LogP contribution in [-0.4, -0.2) is 39.7 Å². The van der Waals surface area contributed by atoms with Gasteiger partial charge in [-0.3, -0.25) is 4.55 Å². The van der Waals surface area contributed by atoms with Crippen LogP contribution in [0.1, 0.15) is 15.9 Å². The molecule has 44 heavy (non-hydrogen) atoms. The first-order chi connectivity index (χ1) is 21.0. The van der Waals surface area contributed by atoms with Crippen molar-refractivity contribution in [3.05, 3.63) is 71.8 Å². The van der Waals surface area contributed by atoms with Crippen LogP contribution in [0.4, 0.5) is 22.7 Å². The van der Waals surface area contributed by atoms with E-state index < -0.39 is 26.7 Å². The molecule has 0 heterocycles. The number of hydrogen-bond donors (Lipinski definition) is 5. The van der Waals surface area contributed by atoms with Gasteiger partial charge in [-0.2, -0.15) is 23.9 Å². The molecule has 4 aromatic rings. The Kier molecular flexibility index (Phi) is 10.5. The molecule has 17 nitrogen and oxygen atoms in total. The summed E-state index contributed by atoms with van der Waals surface area (Å²) in [5, 5.41) is 69.9. The van der Waals surface area contributed by atoms with Crippen molar-refractivity contribution in [2.75, 3.05) is 0 Å². The number of carboxylic acids is 1. The van der Waals surface area contributed by atoms with Crippen molar-refractivity contribution in [3.8, 4) is 11.8 Å². The van der Waals surface area contributed by atoms with Crippen molar-refractivity contribution in [3.63, 3.8) is 0 Å². The molecular formula is C24H15N5O12S3. The Labute approximate surface area is 254 Å². The van der Waals surface area contributed by atoms with Crippen LogP contribution in [0.3, 0.4) is 0 Å². The number of phenols is 1. The average molecular weight is 662 g/mol. The number of carbonyl (C=O) groups is 1. The minimum atomic E-state index is -4.73. The number of phenolic OH excluding ortho intramolecular Hbond substituents is 1. The predicted molar refractivity (Wildman–Crippen MR) is 150 cm³/mol. The van der Waals surface area contributed by atoms with E-state index in [4.69, 9.17) is 10.5 Å². The number of nitriles is 1. The van der Waals surface area contributed by atoms with E-state index in [0.29, 0.717) is 22.6 Å². The van der Waals surface area contributed by atoms with Gasteiger partial charge in [0.25, 0.3) is 10.1 Å². The van der Waals surface area contributed by atoms with Crippen molar-refractivity contribution in [1.82, 2.24) is 0 Å². The molecule has 5 N–H and O–H groups in total. The van der Waals surface area contributed by atoms with Crippen LogP contribution in [0, 0.1) is 11.3 Å². The Balaban J connectivity index is 1.73. The van der Waals surface area contributed by atoms with Crippen molar-refractivity contribution in [2.45, 2.75) is 14.7 Å². The Bertz CT molecular complexity index is 1930. The third kappa shape index (κ3) is 7.70. The molecule has 0 bridgehead atoms. The molecule has 4 rings (SSSR count). The number of hydrogen-bond acceptors (Lipinski definition) is 17. The largest absolute Gasteiger partial charge is 0.505 e. The lowest BCUT2D eigenvalue weighted by molar-refractivity contribution is -0.432. The standard InChI is InChI=1S/C24H15N5O12S3/c25-11-13-8-17(44(35,36)37)7-12-9-20(43-41-39-34)22(23(30)21(12)13)29-28-19-6-3-15(10-18(19)24(31)32)27-26-14-1-4-16(5-2-14)42-40-38-33/h1-10,30,33-34H,(H,31,32)(H,35,36,37). The van der Waals surface area contributed by atoms with Crippen LogP contribution < -0.4 is 0 Å². The first-order valence-electron chi connectivity index (χ1n) is 11.4. The smallest absolute Gasteiger partial charge is 0.338 e. The topological polar surface area (TPSA) is 263 Å². The van der Waals surface area contributed by atoms with Gasteiger partial charge in [-0.15, -0.1) is 18.9 Å². The number of fused-ring (bicyclic) bond motifs is 1. The van der Waals surface area contributed by atoms with Gasteiger partial charge in [0.15, 0.2) is 5.75 Å². The van der Waals surface area contributed by atoms with Crippen LogP contribution in [-0.2, 0) is 28.9 Å². The molecule has 0 saturated carbocycles. The highest BCUT2D eigenvalue weighted by atomic mass is 32.2. The molecule has 4 aromatic carbocycles. The number of aromatic hydroxyl groups is 1. The number of carboxylic acid groups (broad SMARTS) is 1. The Hall–Kier alpha value is -4.53. The van der Waals surface area contributed by atoms with Crippen molar-refractivity contribution in [2.24, 2.45) is 20.5 Å². The maximum Gasteiger partial charge on any atom is 0.338 e. The predicted octanol–water partition coefficient (Wildman–Crippen LogP) is 7.05. The highest BCUT2D eigenvalue weighted by Crippen LogP contribution is 2.46. The molecule has 226 valence electrons. The van der Waals surface area contributed by atoms with Crippen LogP contribution in [0.25, 0.3) is 10.8 Å². The highest BCUT2D eigenvalue weighted by Gasteiger charge is 2.21. The van der Waals surface area contributed by atoms with E-state index >= 15 is 0 Å². The van der Waals surface area contributed by atoms with Gasteiger partial charge >= 0.3 is 5.97 Å². The molecule has 0 aromatic heterocycles. The number of rotatable bonds is 12. The lowest BCUT2D eigenvalue weighted by Gasteiger charge is -2.11. The summed E-state index contributed by atoms with van der Waals surface area (Å²) < 4.78 is 41.5. The lowest BCUT2D eigenvalue weighted by atomic mass is 10.0. The summed E-state index contributed by atoms with van der Waals surface area (Å²) in [4.78, 5) is 11.8. The van der Waals surface area contributed by atoms with Crippen LogP contribution in [0.2, 0.25) is 0 Å². The summed E-state index contributed by atoms with van der Waals surface area (Å²) in [5.41, 5.74) is -0.691. The van der Waals surface area contributed by atoms with Gasteiger partial charge < -0.3 is 10.2 Å². The first-order valence-corrected chi connectivity index (χ1v) is 14.3. The second-order valence-electron chi connectivity index (χ2n) is 8.08. The van der Waals surface area contributed by atoms with Gasteiger partial charge in [-0.25, -0.2) is 15.3 Å². The molecule has 0 radical (unpaired) electrons. The van der Waals surface area contributed by atoms with E-state index in [1.807, 2.05) is 0 Å². The summed E-state index contributed by atoms with van der Waals surface area (Å²) in [5.74, 6) is -2.08. The summed E-state index contributed by atoms with van der Waals surface area (Å²) in [6.07, 6.45) is 0. The molecule has 0 aliphatic heterocycles. The molecule has 0 saturated heterocycles. The SMILES string of the molecule is N#Cc1cc(S(=O)(=O)O)cc2cc(SOOO)c(N=Nc3ccc(N=Nc4ccc(SOOO)cc4)cc3C(=O)O)c(O)c12. The zero-order valence-electron chi connectivity index (χ0n) is 21.3. The number of benzene rings is 4. The summed E-state index contributed by atoms with van der Waals surface area (Å²) in [7, 11) is -4.73. The van der Waals surface area contributed by atoms with E-state index in [1.165, 1.54) is 24.3 Å². The molecule has 0 aliphatic rings. The quantitative estimate of drug-likeness (QED) is 0.0335. The summed E-state index contributed by atoms with van der Waals surface area (Å²) in [6, 6.07) is 14.9.